The van der Waals surface area contributed by atoms with Crippen LogP contribution >= 0.6 is 0 Å². The van der Waals surface area contributed by atoms with Crippen molar-refractivity contribution in [3.63, 3.8) is 0 Å². The number of carbonyl (C=O) groups is 1. The SMILES string of the molecule is Cc1cc(NC(=O)Oc2ccccc2)cnc1-c1ccccc1. The molecule has 114 valence electrons. The van der Waals surface area contributed by atoms with Crippen LogP contribution in [-0.2, 0) is 0 Å². The van der Waals surface area contributed by atoms with Crippen LogP contribution in [0.5, 0.6) is 5.75 Å². The lowest BCUT2D eigenvalue weighted by atomic mass is 10.1. The number of rotatable bonds is 3. The van der Waals surface area contributed by atoms with E-state index in [-0.39, 0.29) is 0 Å². The van der Waals surface area contributed by atoms with Gasteiger partial charge in [-0.1, -0.05) is 48.5 Å². The fraction of sp³-hybridized carbons (Fsp3) is 0.0526. The summed E-state index contributed by atoms with van der Waals surface area (Å²) in [4.78, 5) is 16.3. The summed E-state index contributed by atoms with van der Waals surface area (Å²) in [5, 5.41) is 2.69. The number of benzene rings is 2. The van der Waals surface area contributed by atoms with Gasteiger partial charge in [0, 0.05) is 5.56 Å². The Bertz CT molecular complexity index is 802. The number of hydrogen-bond acceptors (Lipinski definition) is 3. The number of pyridine rings is 1. The lowest BCUT2D eigenvalue weighted by Crippen LogP contribution is -2.17. The van der Waals surface area contributed by atoms with Gasteiger partial charge in [-0.05, 0) is 30.7 Å². The van der Waals surface area contributed by atoms with E-state index in [2.05, 4.69) is 10.3 Å². The van der Waals surface area contributed by atoms with Crippen LogP contribution in [0.2, 0.25) is 0 Å². The molecular weight excluding hydrogens is 288 g/mol. The maximum Gasteiger partial charge on any atom is 0.417 e. The van der Waals surface area contributed by atoms with Gasteiger partial charge < -0.3 is 4.74 Å². The minimum atomic E-state index is -0.537. The van der Waals surface area contributed by atoms with Gasteiger partial charge in [-0.3, -0.25) is 10.3 Å². The van der Waals surface area contributed by atoms with E-state index in [1.807, 2.05) is 61.5 Å². The molecule has 4 heteroatoms. The number of nitrogens with one attached hydrogen (secondary N) is 1. The number of carbonyl (C=O) groups excluding carboxylic acids is 1. The molecule has 0 saturated heterocycles. The number of anilines is 1. The largest absolute Gasteiger partial charge is 0.417 e. The molecular formula is C19H16N2O2. The van der Waals surface area contributed by atoms with Gasteiger partial charge in [0.2, 0.25) is 0 Å². The quantitative estimate of drug-likeness (QED) is 0.765. The highest BCUT2D eigenvalue weighted by molar-refractivity contribution is 5.86. The molecule has 0 bridgehead atoms. The summed E-state index contributed by atoms with van der Waals surface area (Å²) < 4.78 is 5.20. The Hall–Kier alpha value is -3.14. The highest BCUT2D eigenvalue weighted by Gasteiger charge is 2.08. The van der Waals surface area contributed by atoms with E-state index in [9.17, 15) is 4.79 Å². The zero-order valence-corrected chi connectivity index (χ0v) is 12.7. The Morgan fingerprint density at radius 3 is 2.30 bits per heavy atom. The molecule has 0 radical (unpaired) electrons. The number of hydrogen-bond donors (Lipinski definition) is 1. The Balaban J connectivity index is 1.72. The first-order chi connectivity index (χ1) is 11.2. The summed E-state index contributed by atoms with van der Waals surface area (Å²) in [6.45, 7) is 1.96. The monoisotopic (exact) mass is 304 g/mol. The van der Waals surface area contributed by atoms with Crippen molar-refractivity contribution in [3.05, 3.63) is 78.5 Å². The molecule has 0 fully saturated rings. The average Bonchev–Trinajstić information content (AvgIpc) is 2.56. The summed E-state index contributed by atoms with van der Waals surface area (Å²) in [5.74, 6) is 0.496. The molecule has 0 aliphatic carbocycles. The van der Waals surface area contributed by atoms with Crippen molar-refractivity contribution >= 4 is 11.8 Å². The molecule has 0 spiro atoms. The first-order valence-corrected chi connectivity index (χ1v) is 7.28. The van der Waals surface area contributed by atoms with Gasteiger partial charge in [-0.2, -0.15) is 0 Å². The van der Waals surface area contributed by atoms with Crippen LogP contribution in [0.4, 0.5) is 10.5 Å². The van der Waals surface area contributed by atoms with Crippen molar-refractivity contribution in [3.8, 4) is 17.0 Å². The smallest absolute Gasteiger partial charge is 0.410 e. The number of para-hydroxylation sites is 1. The molecule has 0 aliphatic rings. The maximum absolute atomic E-state index is 11.9. The molecule has 23 heavy (non-hydrogen) atoms. The van der Waals surface area contributed by atoms with Crippen LogP contribution < -0.4 is 10.1 Å². The predicted octanol–water partition coefficient (Wildman–Crippen LogP) is 4.67. The van der Waals surface area contributed by atoms with Gasteiger partial charge in [0.05, 0.1) is 17.6 Å². The number of amides is 1. The summed E-state index contributed by atoms with van der Waals surface area (Å²) in [7, 11) is 0. The van der Waals surface area contributed by atoms with Crippen molar-refractivity contribution in [1.82, 2.24) is 4.98 Å². The van der Waals surface area contributed by atoms with Crippen LogP contribution in [0, 0.1) is 6.92 Å². The van der Waals surface area contributed by atoms with Crippen LogP contribution in [0.25, 0.3) is 11.3 Å². The van der Waals surface area contributed by atoms with Crippen LogP contribution in [-0.4, -0.2) is 11.1 Å². The van der Waals surface area contributed by atoms with Crippen molar-refractivity contribution in [2.24, 2.45) is 0 Å². The number of ether oxygens (including phenoxy) is 1. The van der Waals surface area contributed by atoms with Crippen molar-refractivity contribution in [2.75, 3.05) is 5.32 Å². The molecule has 1 N–H and O–H groups in total. The van der Waals surface area contributed by atoms with Gasteiger partial charge in [-0.15, -0.1) is 0 Å². The van der Waals surface area contributed by atoms with E-state index < -0.39 is 6.09 Å². The van der Waals surface area contributed by atoms with Crippen LogP contribution in [0.3, 0.4) is 0 Å². The first-order valence-electron chi connectivity index (χ1n) is 7.28. The number of aromatic nitrogens is 1. The molecule has 0 saturated carbocycles. The second-order valence-corrected chi connectivity index (χ2v) is 5.08. The lowest BCUT2D eigenvalue weighted by molar-refractivity contribution is 0.215. The molecule has 1 heterocycles. The third-order valence-electron chi connectivity index (χ3n) is 3.33. The fourth-order valence-electron chi connectivity index (χ4n) is 2.28. The fourth-order valence-corrected chi connectivity index (χ4v) is 2.28. The second kappa shape index (κ2) is 6.75. The van der Waals surface area contributed by atoms with E-state index >= 15 is 0 Å². The highest BCUT2D eigenvalue weighted by atomic mass is 16.6. The maximum atomic E-state index is 11.9. The van der Waals surface area contributed by atoms with Gasteiger partial charge in [-0.25, -0.2) is 4.79 Å². The minimum absolute atomic E-state index is 0.496. The van der Waals surface area contributed by atoms with Crippen molar-refractivity contribution in [1.29, 1.82) is 0 Å². The van der Waals surface area contributed by atoms with Gasteiger partial charge in [0.15, 0.2) is 0 Å². The molecule has 0 unspecified atom stereocenters. The normalized spacial score (nSPS) is 10.1. The number of aryl methyl sites for hydroxylation is 1. The average molecular weight is 304 g/mol. The Kier molecular flexibility index (Phi) is 4.34. The first kappa shape index (κ1) is 14.8. The minimum Gasteiger partial charge on any atom is -0.410 e. The third kappa shape index (κ3) is 3.74. The highest BCUT2D eigenvalue weighted by Crippen LogP contribution is 2.23. The Morgan fingerprint density at radius 2 is 1.65 bits per heavy atom. The van der Waals surface area contributed by atoms with E-state index in [0.29, 0.717) is 11.4 Å². The second-order valence-electron chi connectivity index (χ2n) is 5.08. The molecule has 1 aromatic heterocycles. The Morgan fingerprint density at radius 1 is 1.00 bits per heavy atom. The molecule has 2 aromatic carbocycles. The zero-order chi connectivity index (χ0) is 16.1. The molecule has 3 aromatic rings. The summed E-state index contributed by atoms with van der Waals surface area (Å²) >= 11 is 0. The summed E-state index contributed by atoms with van der Waals surface area (Å²) in [6.07, 6.45) is 1.09. The van der Waals surface area contributed by atoms with E-state index in [1.165, 1.54) is 0 Å². The summed E-state index contributed by atoms with van der Waals surface area (Å²) in [6, 6.07) is 20.7. The van der Waals surface area contributed by atoms with E-state index in [0.717, 1.165) is 16.8 Å². The molecule has 0 atom stereocenters. The van der Waals surface area contributed by atoms with Crippen LogP contribution in [0.15, 0.2) is 72.9 Å². The van der Waals surface area contributed by atoms with E-state index in [1.54, 1.807) is 18.3 Å². The standard InChI is InChI=1S/C19H16N2O2/c1-14-12-16(13-20-18(14)15-8-4-2-5-9-15)21-19(22)23-17-10-6-3-7-11-17/h2-13H,1H3,(H,21,22). The van der Waals surface area contributed by atoms with Gasteiger partial charge in [0.1, 0.15) is 5.75 Å². The van der Waals surface area contributed by atoms with Crippen molar-refractivity contribution < 1.29 is 9.53 Å². The molecule has 1 amide bonds. The van der Waals surface area contributed by atoms with Gasteiger partial charge in [0.25, 0.3) is 0 Å². The molecule has 0 aliphatic heterocycles. The summed E-state index contributed by atoms with van der Waals surface area (Å²) in [5.41, 5.74) is 3.52. The molecule has 4 nitrogen and oxygen atoms in total. The van der Waals surface area contributed by atoms with Crippen molar-refractivity contribution in [2.45, 2.75) is 6.92 Å². The zero-order valence-electron chi connectivity index (χ0n) is 12.7. The third-order valence-corrected chi connectivity index (χ3v) is 3.33. The Labute approximate surface area is 134 Å². The predicted molar refractivity (Wildman–Crippen MR) is 90.5 cm³/mol. The topological polar surface area (TPSA) is 51.2 Å². The number of nitrogens with zero attached hydrogens (tertiary/aromatic N) is 1. The van der Waals surface area contributed by atoms with Gasteiger partial charge >= 0.3 is 6.09 Å². The molecule has 3 rings (SSSR count). The van der Waals surface area contributed by atoms with E-state index in [4.69, 9.17) is 4.74 Å². The van der Waals surface area contributed by atoms with Crippen LogP contribution in [0.1, 0.15) is 5.56 Å². The lowest BCUT2D eigenvalue weighted by Gasteiger charge is -2.09.